The van der Waals surface area contributed by atoms with Crippen molar-refractivity contribution in [2.45, 2.75) is 25.7 Å². The lowest BCUT2D eigenvalue weighted by Gasteiger charge is -2.17. The number of allylic oxidation sites excluding steroid dienone is 2. The summed E-state index contributed by atoms with van der Waals surface area (Å²) < 4.78 is 18.6. The third-order valence-electron chi connectivity index (χ3n) is 3.47. The average molecular weight is 355 g/mol. The van der Waals surface area contributed by atoms with Crippen molar-refractivity contribution >= 4 is 28.9 Å². The molecule has 2 heterocycles. The Morgan fingerprint density at radius 3 is 2.64 bits per heavy atom. The van der Waals surface area contributed by atoms with Gasteiger partial charge in [0, 0.05) is 24.3 Å². The molecule has 1 unspecified atom stereocenters. The first-order valence-electron chi connectivity index (χ1n) is 7.90. The summed E-state index contributed by atoms with van der Waals surface area (Å²) in [5.74, 6) is -1.47. The monoisotopic (exact) mass is 355 g/mol. The highest BCUT2D eigenvalue weighted by Crippen LogP contribution is 2.21. The molecule has 0 fully saturated rings. The number of ketones is 1. The fourth-order valence-electron chi connectivity index (χ4n) is 2.37. The quantitative estimate of drug-likeness (QED) is 0.676. The number of halogens is 1. The highest BCUT2D eigenvalue weighted by Gasteiger charge is 2.21. The number of carbonyl (C=O) groups excluding carboxylic acids is 1. The zero-order chi connectivity index (χ0) is 17.9. The molecule has 0 radical (unpaired) electrons. The third kappa shape index (κ3) is 4.73. The fraction of sp³-hybridized carbons (Fsp3) is 0.200. The standard InChI is InChI=1S/C20H18FNO2S/c1-20(2,21)24-16-9-5-14(6-10-16)19(23)18-12-8-15(22-18)7-11-17-4-3-13-25-17/h3-13,18H,1-2H3/b11-7+. The summed E-state index contributed by atoms with van der Waals surface area (Å²) >= 11 is 1.64. The van der Waals surface area contributed by atoms with Crippen LogP contribution in [0.25, 0.3) is 6.08 Å². The lowest BCUT2D eigenvalue weighted by Crippen LogP contribution is -2.21. The van der Waals surface area contributed by atoms with E-state index in [2.05, 4.69) is 4.99 Å². The number of carbonyl (C=O) groups is 1. The van der Waals surface area contributed by atoms with Crippen LogP contribution in [0.5, 0.6) is 5.75 Å². The molecule has 128 valence electrons. The van der Waals surface area contributed by atoms with Crippen LogP contribution in [0, 0.1) is 0 Å². The topological polar surface area (TPSA) is 38.7 Å². The van der Waals surface area contributed by atoms with Crippen molar-refractivity contribution in [2.75, 3.05) is 0 Å². The highest BCUT2D eigenvalue weighted by atomic mass is 32.1. The van der Waals surface area contributed by atoms with Crippen LogP contribution in [0.15, 0.2) is 65.0 Å². The van der Waals surface area contributed by atoms with Crippen LogP contribution in [0.3, 0.4) is 0 Å². The number of aliphatic imine (C=N–C) groups is 1. The Balaban J connectivity index is 1.66. The van der Waals surface area contributed by atoms with E-state index < -0.39 is 11.9 Å². The summed E-state index contributed by atoms with van der Waals surface area (Å²) in [5, 5.41) is 2.01. The molecule has 0 aliphatic carbocycles. The Bertz CT molecular complexity index is 828. The van der Waals surface area contributed by atoms with Gasteiger partial charge in [0.05, 0.1) is 5.71 Å². The summed E-state index contributed by atoms with van der Waals surface area (Å²) in [6, 6.07) is 9.93. The summed E-state index contributed by atoms with van der Waals surface area (Å²) in [4.78, 5) is 18.1. The molecule has 25 heavy (non-hydrogen) atoms. The molecule has 0 spiro atoms. The molecule has 5 heteroatoms. The van der Waals surface area contributed by atoms with E-state index in [1.807, 2.05) is 35.7 Å². The molecule has 0 bridgehead atoms. The van der Waals surface area contributed by atoms with Gasteiger partial charge in [0.2, 0.25) is 5.85 Å². The average Bonchev–Trinajstić information content (AvgIpc) is 3.23. The zero-order valence-electron chi connectivity index (χ0n) is 14.0. The van der Waals surface area contributed by atoms with Gasteiger partial charge < -0.3 is 4.74 Å². The first kappa shape index (κ1) is 17.3. The van der Waals surface area contributed by atoms with E-state index in [9.17, 15) is 9.18 Å². The van der Waals surface area contributed by atoms with E-state index in [0.717, 1.165) is 10.6 Å². The van der Waals surface area contributed by atoms with Gasteiger partial charge in [-0.25, -0.2) is 0 Å². The predicted octanol–water partition coefficient (Wildman–Crippen LogP) is 5.11. The molecule has 0 saturated heterocycles. The maximum Gasteiger partial charge on any atom is 0.242 e. The maximum absolute atomic E-state index is 13.5. The van der Waals surface area contributed by atoms with Crippen LogP contribution in [0.4, 0.5) is 4.39 Å². The molecule has 0 saturated carbocycles. The Hall–Kier alpha value is -2.53. The maximum atomic E-state index is 13.5. The van der Waals surface area contributed by atoms with E-state index in [1.54, 1.807) is 41.7 Å². The van der Waals surface area contributed by atoms with Crippen LogP contribution in [-0.4, -0.2) is 23.4 Å². The van der Waals surface area contributed by atoms with E-state index in [0.29, 0.717) is 11.3 Å². The van der Waals surface area contributed by atoms with Crippen LogP contribution in [0.2, 0.25) is 0 Å². The number of hydrogen-bond acceptors (Lipinski definition) is 4. The van der Waals surface area contributed by atoms with Crippen LogP contribution >= 0.6 is 11.3 Å². The van der Waals surface area contributed by atoms with E-state index in [4.69, 9.17) is 4.74 Å². The van der Waals surface area contributed by atoms with Crippen LogP contribution in [-0.2, 0) is 0 Å². The van der Waals surface area contributed by atoms with Gasteiger partial charge in [0.15, 0.2) is 5.78 Å². The molecule has 1 aromatic heterocycles. The number of Topliss-reactive ketones (excluding diaryl/α,β-unsaturated/α-hetero) is 1. The Morgan fingerprint density at radius 2 is 2.00 bits per heavy atom. The first-order valence-corrected chi connectivity index (χ1v) is 8.78. The minimum atomic E-state index is -1.76. The zero-order valence-corrected chi connectivity index (χ0v) is 14.8. The van der Waals surface area contributed by atoms with Gasteiger partial charge in [-0.15, -0.1) is 11.3 Å². The summed E-state index contributed by atoms with van der Waals surface area (Å²) in [5.41, 5.74) is 1.29. The number of thiophene rings is 1. The van der Waals surface area contributed by atoms with Crippen molar-refractivity contribution in [2.24, 2.45) is 4.99 Å². The normalized spacial score (nSPS) is 17.1. The van der Waals surface area contributed by atoms with Gasteiger partial charge in [0.1, 0.15) is 11.8 Å². The Kier molecular flexibility index (Phi) is 4.95. The molecule has 3 nitrogen and oxygen atoms in total. The van der Waals surface area contributed by atoms with Gasteiger partial charge in [-0.1, -0.05) is 12.1 Å². The number of hydrogen-bond donors (Lipinski definition) is 0. The lowest BCUT2D eigenvalue weighted by molar-refractivity contribution is -0.0257. The second-order valence-electron chi connectivity index (χ2n) is 6.06. The Labute approximate surface area is 150 Å². The van der Waals surface area contributed by atoms with Gasteiger partial charge in [-0.05, 0) is 53.9 Å². The summed E-state index contributed by atoms with van der Waals surface area (Å²) in [7, 11) is 0. The van der Waals surface area contributed by atoms with Crippen molar-refractivity contribution in [1.82, 2.24) is 0 Å². The summed E-state index contributed by atoms with van der Waals surface area (Å²) in [6.45, 7) is 2.66. The Morgan fingerprint density at radius 1 is 1.24 bits per heavy atom. The molecule has 1 atom stereocenters. The molecular weight excluding hydrogens is 337 g/mol. The minimum absolute atomic E-state index is 0.0955. The van der Waals surface area contributed by atoms with Crippen LogP contribution < -0.4 is 4.74 Å². The minimum Gasteiger partial charge on any atom is -0.459 e. The van der Waals surface area contributed by atoms with E-state index in [-0.39, 0.29) is 5.78 Å². The molecule has 1 aliphatic rings. The summed E-state index contributed by atoms with van der Waals surface area (Å²) in [6.07, 6.45) is 7.50. The number of alkyl halides is 1. The SMILES string of the molecule is CC(C)(F)Oc1ccc(C(=O)C2C=CC(/C=C/c3cccs3)=N2)cc1. The smallest absolute Gasteiger partial charge is 0.242 e. The van der Waals surface area contributed by atoms with Crippen molar-refractivity contribution in [1.29, 1.82) is 0 Å². The second-order valence-corrected chi connectivity index (χ2v) is 7.04. The van der Waals surface area contributed by atoms with Gasteiger partial charge >= 0.3 is 0 Å². The number of benzene rings is 1. The predicted molar refractivity (Wildman–Crippen MR) is 100 cm³/mol. The lowest BCUT2D eigenvalue weighted by atomic mass is 10.1. The molecule has 2 aromatic rings. The van der Waals surface area contributed by atoms with Gasteiger partial charge in [-0.3, -0.25) is 9.79 Å². The number of nitrogens with zero attached hydrogens (tertiary/aromatic N) is 1. The molecule has 0 amide bonds. The van der Waals surface area contributed by atoms with Crippen molar-refractivity contribution in [3.8, 4) is 5.75 Å². The fourth-order valence-corrected chi connectivity index (χ4v) is 2.99. The third-order valence-corrected chi connectivity index (χ3v) is 4.30. The van der Waals surface area contributed by atoms with Crippen molar-refractivity contribution < 1.29 is 13.9 Å². The van der Waals surface area contributed by atoms with Crippen molar-refractivity contribution in [3.05, 3.63) is 70.4 Å². The first-order chi connectivity index (χ1) is 11.9. The molecule has 0 N–H and O–H groups in total. The second kappa shape index (κ2) is 7.15. The largest absolute Gasteiger partial charge is 0.459 e. The molecule has 1 aliphatic heterocycles. The van der Waals surface area contributed by atoms with Gasteiger partial charge in [0.25, 0.3) is 0 Å². The van der Waals surface area contributed by atoms with E-state index in [1.165, 1.54) is 13.8 Å². The number of rotatable bonds is 6. The van der Waals surface area contributed by atoms with E-state index >= 15 is 0 Å². The highest BCUT2D eigenvalue weighted by molar-refractivity contribution is 7.10. The number of ether oxygens (including phenoxy) is 1. The van der Waals surface area contributed by atoms with Gasteiger partial charge in [-0.2, -0.15) is 4.39 Å². The molecular formula is C20H18FNO2S. The van der Waals surface area contributed by atoms with Crippen LogP contribution in [0.1, 0.15) is 29.1 Å². The molecule has 3 rings (SSSR count). The molecule has 1 aromatic carbocycles. The van der Waals surface area contributed by atoms with Crippen molar-refractivity contribution in [3.63, 3.8) is 0 Å².